The third-order valence-corrected chi connectivity index (χ3v) is 3.84. The van der Waals surface area contributed by atoms with Gasteiger partial charge in [-0.05, 0) is 25.1 Å². The zero-order valence-corrected chi connectivity index (χ0v) is 17.6. The highest BCUT2D eigenvalue weighted by Crippen LogP contribution is 2.19. The number of aryl methyl sites for hydroxylation is 1. The van der Waals surface area contributed by atoms with Crippen LogP contribution in [-0.2, 0) is 17.9 Å². The molecule has 0 aliphatic rings. The third kappa shape index (κ3) is 5.80. The Balaban J connectivity index is 0.00000261. The maximum absolute atomic E-state index is 5.99. The van der Waals surface area contributed by atoms with E-state index in [1.54, 1.807) is 13.4 Å². The first kappa shape index (κ1) is 20.9. The predicted octanol–water partition coefficient (Wildman–Crippen LogP) is 4.34. The number of nitrogens with zero attached hydrogens (tertiary/aromatic N) is 2. The van der Waals surface area contributed by atoms with Gasteiger partial charge in [0, 0.05) is 23.9 Å². The number of hydrogen-bond acceptors (Lipinski definition) is 4. The number of rotatable bonds is 6. The molecule has 0 aliphatic carbocycles. The van der Waals surface area contributed by atoms with Crippen LogP contribution in [0.3, 0.4) is 0 Å². The second-order valence-corrected chi connectivity index (χ2v) is 5.93. The van der Waals surface area contributed by atoms with Crippen LogP contribution in [0.25, 0.3) is 11.5 Å². The minimum Gasteiger partial charge on any atom is -0.444 e. The van der Waals surface area contributed by atoms with Gasteiger partial charge in [0.1, 0.15) is 12.0 Å². The van der Waals surface area contributed by atoms with Crippen LogP contribution in [0.2, 0.25) is 0 Å². The molecule has 142 valence electrons. The summed E-state index contributed by atoms with van der Waals surface area (Å²) in [7, 11) is 1.66. The largest absolute Gasteiger partial charge is 0.444 e. The standard InChI is InChI=1S/C20H22N4O2.HI/c1-14-7-9-15(10-8-14)19-23-17(13-26-19)11-22-20(21)24-18-6-4-3-5-16(18)12-25-2;/h3-10,13H,11-12H2,1-2H3,(H3,21,22,24);1H. The van der Waals surface area contributed by atoms with Gasteiger partial charge in [0.15, 0.2) is 5.96 Å². The molecule has 7 heteroatoms. The Labute approximate surface area is 175 Å². The van der Waals surface area contributed by atoms with Gasteiger partial charge in [0.2, 0.25) is 5.89 Å². The van der Waals surface area contributed by atoms with E-state index < -0.39 is 0 Å². The van der Waals surface area contributed by atoms with Crippen molar-refractivity contribution in [2.45, 2.75) is 20.1 Å². The first-order valence-corrected chi connectivity index (χ1v) is 8.31. The van der Waals surface area contributed by atoms with Gasteiger partial charge >= 0.3 is 0 Å². The molecular formula is C20H23IN4O2. The molecular weight excluding hydrogens is 455 g/mol. The molecule has 27 heavy (non-hydrogen) atoms. The van der Waals surface area contributed by atoms with Gasteiger partial charge < -0.3 is 20.2 Å². The number of nitrogens with one attached hydrogen (secondary N) is 1. The predicted molar refractivity (Wildman–Crippen MR) is 118 cm³/mol. The first-order chi connectivity index (χ1) is 12.7. The van der Waals surface area contributed by atoms with Gasteiger partial charge in [0.05, 0.1) is 13.2 Å². The number of hydrogen-bond donors (Lipinski definition) is 2. The minimum absolute atomic E-state index is 0. The van der Waals surface area contributed by atoms with E-state index >= 15 is 0 Å². The van der Waals surface area contributed by atoms with Crippen molar-refractivity contribution in [1.29, 1.82) is 0 Å². The highest BCUT2D eigenvalue weighted by atomic mass is 127. The molecule has 3 aromatic rings. The molecule has 0 fully saturated rings. The molecule has 0 unspecified atom stereocenters. The van der Waals surface area contributed by atoms with Crippen molar-refractivity contribution in [2.75, 3.05) is 12.4 Å². The summed E-state index contributed by atoms with van der Waals surface area (Å²) in [6, 6.07) is 15.8. The van der Waals surface area contributed by atoms with Crippen LogP contribution in [-0.4, -0.2) is 18.1 Å². The molecule has 1 heterocycles. The summed E-state index contributed by atoms with van der Waals surface area (Å²) in [5.74, 6) is 0.889. The van der Waals surface area contributed by atoms with Crippen molar-refractivity contribution < 1.29 is 9.15 Å². The molecule has 0 saturated heterocycles. The van der Waals surface area contributed by atoms with Crippen LogP contribution in [0, 0.1) is 6.92 Å². The summed E-state index contributed by atoms with van der Waals surface area (Å²) in [6.45, 7) is 2.88. The SMILES string of the molecule is COCc1ccccc1NC(N)=NCc1coc(-c2ccc(C)cc2)n1.I. The summed E-state index contributed by atoms with van der Waals surface area (Å²) in [4.78, 5) is 8.79. The number of nitrogens with two attached hydrogens (primary N) is 1. The quantitative estimate of drug-likeness (QED) is 0.313. The van der Waals surface area contributed by atoms with Crippen molar-refractivity contribution in [1.82, 2.24) is 4.98 Å². The van der Waals surface area contributed by atoms with Gasteiger partial charge in [-0.3, -0.25) is 0 Å². The van der Waals surface area contributed by atoms with Gasteiger partial charge in [-0.25, -0.2) is 9.98 Å². The van der Waals surface area contributed by atoms with Gasteiger partial charge in [-0.15, -0.1) is 24.0 Å². The number of methoxy groups -OCH3 is 1. The van der Waals surface area contributed by atoms with Crippen LogP contribution in [0.15, 0.2) is 64.2 Å². The fraction of sp³-hybridized carbons (Fsp3) is 0.200. The molecule has 6 nitrogen and oxygen atoms in total. The highest BCUT2D eigenvalue weighted by molar-refractivity contribution is 14.0. The maximum atomic E-state index is 5.99. The lowest BCUT2D eigenvalue weighted by Crippen LogP contribution is -2.23. The second kappa shape index (κ2) is 10.1. The number of aliphatic imine (C=N–C) groups is 1. The number of ether oxygens (including phenoxy) is 1. The number of para-hydroxylation sites is 1. The summed E-state index contributed by atoms with van der Waals surface area (Å²) in [5, 5.41) is 3.10. The average molecular weight is 478 g/mol. The molecule has 0 amide bonds. The number of benzene rings is 2. The molecule has 2 aromatic carbocycles. The van der Waals surface area contributed by atoms with Crippen LogP contribution in [0.1, 0.15) is 16.8 Å². The molecule has 0 saturated carbocycles. The van der Waals surface area contributed by atoms with Gasteiger partial charge in [-0.2, -0.15) is 0 Å². The molecule has 0 spiro atoms. The molecule has 3 rings (SSSR count). The third-order valence-electron chi connectivity index (χ3n) is 3.84. The molecule has 3 N–H and O–H groups in total. The number of halogens is 1. The lowest BCUT2D eigenvalue weighted by molar-refractivity contribution is 0.185. The normalized spacial score (nSPS) is 11.1. The monoisotopic (exact) mass is 478 g/mol. The van der Waals surface area contributed by atoms with Crippen molar-refractivity contribution in [3.63, 3.8) is 0 Å². The van der Waals surface area contributed by atoms with Crippen LogP contribution in [0.4, 0.5) is 5.69 Å². The Kier molecular flexibility index (Phi) is 7.81. The Bertz CT molecular complexity index is 891. The molecule has 0 atom stereocenters. The zero-order chi connectivity index (χ0) is 18.4. The van der Waals surface area contributed by atoms with E-state index in [4.69, 9.17) is 14.9 Å². The molecule has 0 aliphatic heterocycles. The summed E-state index contributed by atoms with van der Waals surface area (Å²) in [5.41, 5.74) is 10.7. The van der Waals surface area contributed by atoms with Gasteiger partial charge in [0.25, 0.3) is 0 Å². The fourth-order valence-electron chi connectivity index (χ4n) is 2.48. The lowest BCUT2D eigenvalue weighted by Gasteiger charge is -2.10. The molecule has 0 radical (unpaired) electrons. The number of guanidine groups is 1. The number of aromatic nitrogens is 1. The Morgan fingerprint density at radius 2 is 1.93 bits per heavy atom. The molecule has 0 bridgehead atoms. The van der Waals surface area contributed by atoms with E-state index in [0.717, 1.165) is 22.5 Å². The van der Waals surface area contributed by atoms with E-state index in [2.05, 4.69) is 15.3 Å². The average Bonchev–Trinajstić information content (AvgIpc) is 3.11. The number of anilines is 1. The second-order valence-electron chi connectivity index (χ2n) is 5.93. The van der Waals surface area contributed by atoms with E-state index in [0.29, 0.717) is 25.0 Å². The number of oxazole rings is 1. The first-order valence-electron chi connectivity index (χ1n) is 8.31. The fourth-order valence-corrected chi connectivity index (χ4v) is 2.48. The maximum Gasteiger partial charge on any atom is 0.226 e. The van der Waals surface area contributed by atoms with Gasteiger partial charge in [-0.1, -0.05) is 35.9 Å². The zero-order valence-electron chi connectivity index (χ0n) is 15.3. The molecule has 1 aromatic heterocycles. The van der Waals surface area contributed by atoms with Crippen molar-refractivity contribution in [2.24, 2.45) is 10.7 Å². The van der Waals surface area contributed by atoms with Crippen LogP contribution in [0.5, 0.6) is 0 Å². The smallest absolute Gasteiger partial charge is 0.226 e. The van der Waals surface area contributed by atoms with E-state index in [-0.39, 0.29) is 24.0 Å². The van der Waals surface area contributed by atoms with Crippen LogP contribution < -0.4 is 11.1 Å². The lowest BCUT2D eigenvalue weighted by atomic mass is 10.1. The summed E-state index contributed by atoms with van der Waals surface area (Å²) < 4.78 is 10.7. The van der Waals surface area contributed by atoms with Crippen molar-refractivity contribution in [3.05, 3.63) is 71.6 Å². The van der Waals surface area contributed by atoms with Crippen molar-refractivity contribution >= 4 is 35.6 Å². The minimum atomic E-state index is 0. The highest BCUT2D eigenvalue weighted by Gasteiger charge is 2.07. The Morgan fingerprint density at radius 3 is 2.67 bits per heavy atom. The van der Waals surface area contributed by atoms with E-state index in [9.17, 15) is 0 Å². The van der Waals surface area contributed by atoms with Crippen LogP contribution >= 0.6 is 24.0 Å². The van der Waals surface area contributed by atoms with Crippen molar-refractivity contribution in [3.8, 4) is 11.5 Å². The summed E-state index contributed by atoms with van der Waals surface area (Å²) in [6.07, 6.45) is 1.60. The van der Waals surface area contributed by atoms with E-state index in [1.807, 2.05) is 55.5 Å². The summed E-state index contributed by atoms with van der Waals surface area (Å²) >= 11 is 0. The Morgan fingerprint density at radius 1 is 1.19 bits per heavy atom. The topological polar surface area (TPSA) is 85.7 Å². The Hall–Kier alpha value is -2.39. The van der Waals surface area contributed by atoms with E-state index in [1.165, 1.54) is 5.56 Å².